The third-order valence-electron chi connectivity index (χ3n) is 2.93. The van der Waals surface area contributed by atoms with Crippen LogP contribution in [0.25, 0.3) is 0 Å². The molecule has 0 aliphatic heterocycles. The molecule has 0 amide bonds. The average Bonchev–Trinajstić information content (AvgIpc) is 2.81. The van der Waals surface area contributed by atoms with Gasteiger partial charge in [0.05, 0.1) is 16.7 Å². The standard InChI is InChI=1S/C12H12F2N4O2/c1-7(9-5-6-15-17(9)2)16-12-10(18(19)20)4-3-8(13)11(12)14/h3-7,16H,1-2H3. The van der Waals surface area contributed by atoms with Gasteiger partial charge in [0.15, 0.2) is 17.3 Å². The van der Waals surface area contributed by atoms with Crippen LogP contribution in [-0.4, -0.2) is 14.7 Å². The number of rotatable bonds is 4. The normalized spacial score (nSPS) is 12.2. The van der Waals surface area contributed by atoms with Crippen molar-refractivity contribution in [1.82, 2.24) is 9.78 Å². The van der Waals surface area contributed by atoms with Crippen LogP contribution in [0.3, 0.4) is 0 Å². The molecule has 106 valence electrons. The summed E-state index contributed by atoms with van der Waals surface area (Å²) in [5, 5.41) is 17.5. The Morgan fingerprint density at radius 2 is 2.10 bits per heavy atom. The van der Waals surface area contributed by atoms with Gasteiger partial charge in [0.25, 0.3) is 5.69 Å². The second-order valence-electron chi connectivity index (χ2n) is 4.26. The molecule has 1 atom stereocenters. The van der Waals surface area contributed by atoms with E-state index >= 15 is 0 Å². The molecule has 0 aliphatic rings. The number of nitro benzene ring substituents is 1. The highest BCUT2D eigenvalue weighted by Gasteiger charge is 2.23. The lowest BCUT2D eigenvalue weighted by molar-refractivity contribution is -0.384. The van der Waals surface area contributed by atoms with E-state index in [2.05, 4.69) is 10.4 Å². The lowest BCUT2D eigenvalue weighted by atomic mass is 10.2. The predicted molar refractivity (Wildman–Crippen MR) is 68.3 cm³/mol. The summed E-state index contributed by atoms with van der Waals surface area (Å²) in [6.07, 6.45) is 1.55. The minimum atomic E-state index is -1.27. The van der Waals surface area contributed by atoms with Gasteiger partial charge in [0, 0.05) is 19.3 Å². The van der Waals surface area contributed by atoms with Gasteiger partial charge in [-0.15, -0.1) is 0 Å². The van der Waals surface area contributed by atoms with E-state index in [0.717, 1.165) is 12.1 Å². The molecular weight excluding hydrogens is 270 g/mol. The van der Waals surface area contributed by atoms with Crippen LogP contribution in [0, 0.1) is 21.7 Å². The molecule has 0 fully saturated rings. The van der Waals surface area contributed by atoms with Crippen LogP contribution in [0.4, 0.5) is 20.2 Å². The zero-order valence-corrected chi connectivity index (χ0v) is 10.8. The number of benzene rings is 1. The molecule has 20 heavy (non-hydrogen) atoms. The number of aromatic nitrogens is 2. The Balaban J connectivity index is 2.40. The smallest absolute Gasteiger partial charge is 0.295 e. The Hall–Kier alpha value is -2.51. The van der Waals surface area contributed by atoms with Crippen molar-refractivity contribution < 1.29 is 13.7 Å². The number of aryl methyl sites for hydroxylation is 1. The molecule has 0 spiro atoms. The highest BCUT2D eigenvalue weighted by atomic mass is 19.2. The Kier molecular flexibility index (Phi) is 3.64. The molecule has 2 rings (SSSR count). The van der Waals surface area contributed by atoms with Gasteiger partial charge in [-0.05, 0) is 19.1 Å². The zero-order valence-electron chi connectivity index (χ0n) is 10.8. The third-order valence-corrected chi connectivity index (χ3v) is 2.93. The topological polar surface area (TPSA) is 73.0 Å². The van der Waals surface area contributed by atoms with E-state index in [1.165, 1.54) is 0 Å². The van der Waals surface area contributed by atoms with Crippen LogP contribution in [0.2, 0.25) is 0 Å². The van der Waals surface area contributed by atoms with E-state index < -0.39 is 34.0 Å². The SMILES string of the molecule is CC(Nc1c([N+](=O)[O-])ccc(F)c1F)c1ccnn1C. The number of hydrogen-bond acceptors (Lipinski definition) is 4. The third kappa shape index (κ3) is 2.44. The van der Waals surface area contributed by atoms with Crippen molar-refractivity contribution in [3.05, 3.63) is 51.8 Å². The van der Waals surface area contributed by atoms with Gasteiger partial charge in [0.1, 0.15) is 0 Å². The largest absolute Gasteiger partial charge is 0.369 e. The fraction of sp³-hybridized carbons (Fsp3) is 0.250. The van der Waals surface area contributed by atoms with E-state index in [-0.39, 0.29) is 0 Å². The van der Waals surface area contributed by atoms with Gasteiger partial charge in [-0.3, -0.25) is 14.8 Å². The molecule has 8 heteroatoms. The maximum Gasteiger partial charge on any atom is 0.295 e. The molecule has 0 saturated heterocycles. The average molecular weight is 282 g/mol. The molecule has 0 aliphatic carbocycles. The van der Waals surface area contributed by atoms with E-state index in [1.54, 1.807) is 30.9 Å². The first-order valence-electron chi connectivity index (χ1n) is 5.78. The van der Waals surface area contributed by atoms with Gasteiger partial charge < -0.3 is 5.32 Å². The zero-order chi connectivity index (χ0) is 14.9. The van der Waals surface area contributed by atoms with Crippen LogP contribution >= 0.6 is 0 Å². The fourth-order valence-electron chi connectivity index (χ4n) is 1.93. The first-order valence-corrected chi connectivity index (χ1v) is 5.78. The predicted octanol–water partition coefficient (Wildman–Crippen LogP) is 2.78. The van der Waals surface area contributed by atoms with Gasteiger partial charge in [-0.1, -0.05) is 0 Å². The van der Waals surface area contributed by atoms with Gasteiger partial charge in [-0.25, -0.2) is 8.78 Å². The molecule has 1 aromatic heterocycles. The van der Waals surface area contributed by atoms with Gasteiger partial charge in [0.2, 0.25) is 0 Å². The van der Waals surface area contributed by atoms with Crippen molar-refractivity contribution in [1.29, 1.82) is 0 Å². The minimum Gasteiger partial charge on any atom is -0.369 e. The van der Waals surface area contributed by atoms with Crippen LogP contribution in [0.5, 0.6) is 0 Å². The van der Waals surface area contributed by atoms with Crippen LogP contribution in [0.1, 0.15) is 18.7 Å². The number of anilines is 1. The number of nitrogens with zero attached hydrogens (tertiary/aromatic N) is 3. The van der Waals surface area contributed by atoms with Gasteiger partial charge in [-0.2, -0.15) is 5.10 Å². The Morgan fingerprint density at radius 1 is 1.40 bits per heavy atom. The van der Waals surface area contributed by atoms with E-state index in [4.69, 9.17) is 0 Å². The summed E-state index contributed by atoms with van der Waals surface area (Å²) in [6, 6.07) is 2.86. The highest BCUT2D eigenvalue weighted by molar-refractivity contribution is 5.63. The Labute approximate surface area is 113 Å². The van der Waals surface area contributed by atoms with Crippen molar-refractivity contribution in [2.24, 2.45) is 7.05 Å². The summed E-state index contributed by atoms with van der Waals surface area (Å²) in [5.41, 5.74) is -0.301. The lowest BCUT2D eigenvalue weighted by Gasteiger charge is -2.16. The molecule has 0 bridgehead atoms. The summed E-state index contributed by atoms with van der Waals surface area (Å²) in [6.45, 7) is 1.67. The second kappa shape index (κ2) is 5.24. The van der Waals surface area contributed by atoms with E-state index in [0.29, 0.717) is 5.69 Å². The van der Waals surface area contributed by atoms with Crippen LogP contribution < -0.4 is 5.32 Å². The summed E-state index contributed by atoms with van der Waals surface area (Å²) in [5.74, 6) is -2.41. The molecule has 1 aromatic carbocycles. The monoisotopic (exact) mass is 282 g/mol. The maximum atomic E-state index is 13.8. The number of halogens is 2. The number of hydrogen-bond donors (Lipinski definition) is 1. The number of nitrogens with one attached hydrogen (secondary N) is 1. The lowest BCUT2D eigenvalue weighted by Crippen LogP contribution is -2.14. The molecule has 2 aromatic rings. The van der Waals surface area contributed by atoms with Gasteiger partial charge >= 0.3 is 0 Å². The number of nitro groups is 1. The summed E-state index contributed by atoms with van der Waals surface area (Å²) in [7, 11) is 1.68. The fourth-order valence-corrected chi connectivity index (χ4v) is 1.93. The van der Waals surface area contributed by atoms with Crippen molar-refractivity contribution in [3.63, 3.8) is 0 Å². The van der Waals surface area contributed by atoms with Crippen LogP contribution in [0.15, 0.2) is 24.4 Å². The first kappa shape index (κ1) is 13.9. The van der Waals surface area contributed by atoms with Crippen LogP contribution in [-0.2, 0) is 7.05 Å². The molecule has 1 N–H and O–H groups in total. The molecule has 6 nitrogen and oxygen atoms in total. The molecule has 0 saturated carbocycles. The molecular formula is C12H12F2N4O2. The highest BCUT2D eigenvalue weighted by Crippen LogP contribution is 2.32. The Morgan fingerprint density at radius 3 is 2.65 bits per heavy atom. The maximum absolute atomic E-state index is 13.8. The van der Waals surface area contributed by atoms with Crippen molar-refractivity contribution in [2.75, 3.05) is 5.32 Å². The first-order chi connectivity index (χ1) is 9.41. The minimum absolute atomic E-state index is 0.469. The molecule has 1 heterocycles. The summed E-state index contributed by atoms with van der Waals surface area (Å²) >= 11 is 0. The Bertz CT molecular complexity index is 657. The second-order valence-corrected chi connectivity index (χ2v) is 4.26. The molecule has 1 unspecified atom stereocenters. The summed E-state index contributed by atoms with van der Waals surface area (Å²) in [4.78, 5) is 10.1. The molecule has 0 radical (unpaired) electrons. The van der Waals surface area contributed by atoms with Crippen molar-refractivity contribution in [3.8, 4) is 0 Å². The summed E-state index contributed by atoms with van der Waals surface area (Å²) < 4.78 is 28.5. The van der Waals surface area contributed by atoms with Crippen molar-refractivity contribution in [2.45, 2.75) is 13.0 Å². The quantitative estimate of drug-likeness (QED) is 0.691. The van der Waals surface area contributed by atoms with E-state index in [9.17, 15) is 18.9 Å². The van der Waals surface area contributed by atoms with E-state index in [1.807, 2.05) is 0 Å². The van der Waals surface area contributed by atoms with Crippen molar-refractivity contribution >= 4 is 11.4 Å².